The number of benzene rings is 1. The summed E-state index contributed by atoms with van der Waals surface area (Å²) < 4.78 is 33.0. The molecule has 1 aliphatic carbocycles. The molecule has 0 radical (unpaired) electrons. The number of likely N-dealkylation sites (N-methyl/N-ethyl adjacent to an activating group) is 1. The van der Waals surface area contributed by atoms with Crippen LogP contribution in [0.4, 0.5) is 4.79 Å². The third-order valence-electron chi connectivity index (χ3n) is 9.87. The lowest BCUT2D eigenvalue weighted by Crippen LogP contribution is -2.56. The Balaban J connectivity index is 1.21. The van der Waals surface area contributed by atoms with Crippen molar-refractivity contribution < 1.29 is 52.7 Å². The number of hydrogen-bond donors (Lipinski definition) is 3. The van der Waals surface area contributed by atoms with Gasteiger partial charge in [-0.25, -0.2) is 9.78 Å². The smallest absolute Gasteiger partial charge is 0.407 e. The van der Waals surface area contributed by atoms with E-state index in [1.165, 1.54) is 25.3 Å². The lowest BCUT2D eigenvalue weighted by atomic mass is 9.83. The van der Waals surface area contributed by atoms with E-state index in [1.807, 2.05) is 0 Å². The van der Waals surface area contributed by atoms with Crippen molar-refractivity contribution in [3.8, 4) is 5.75 Å². The second kappa shape index (κ2) is 24.8. The molecule has 1 saturated heterocycles. The van der Waals surface area contributed by atoms with Crippen molar-refractivity contribution >= 4 is 35.0 Å². The van der Waals surface area contributed by atoms with Gasteiger partial charge in [0.05, 0.1) is 72.1 Å². The average Bonchev–Trinajstić information content (AvgIpc) is 3.91. The minimum atomic E-state index is -1.22. The summed E-state index contributed by atoms with van der Waals surface area (Å²) in [5, 5.41) is 14.7. The van der Waals surface area contributed by atoms with E-state index in [1.54, 1.807) is 34.5 Å². The van der Waals surface area contributed by atoms with Gasteiger partial charge in [-0.05, 0) is 50.7 Å². The monoisotopic (exact) mass is 805 g/mol. The molecule has 1 aliphatic heterocycles. The minimum absolute atomic E-state index is 0.0431. The Bertz CT molecular complexity index is 1510. The molecular formula is C39H59N5O11S. The SMILES string of the molecule is C[C@@H](C(=O)N[C@H](C(=O)N1CCC[C@H]1c1nc(C(=O)c2cccc(OCCOCCOCCOCCOCCOCCN)c2)cs1)C1CCCCC1)N(C)C(=O)O. The van der Waals surface area contributed by atoms with E-state index >= 15 is 0 Å². The van der Waals surface area contributed by atoms with Crippen molar-refractivity contribution in [1.82, 2.24) is 20.1 Å². The van der Waals surface area contributed by atoms with Crippen LogP contribution in [0.1, 0.15) is 79.0 Å². The zero-order valence-electron chi connectivity index (χ0n) is 32.7. The largest absolute Gasteiger partial charge is 0.491 e. The van der Waals surface area contributed by atoms with Crippen molar-refractivity contribution in [2.24, 2.45) is 11.7 Å². The van der Waals surface area contributed by atoms with E-state index in [2.05, 4.69) is 5.32 Å². The quantitative estimate of drug-likeness (QED) is 0.0922. The Hall–Kier alpha value is -3.71. The summed E-state index contributed by atoms with van der Waals surface area (Å²) in [5.41, 5.74) is 6.07. The first kappa shape index (κ1) is 45.0. The number of likely N-dealkylation sites (tertiary alicyclic amines) is 1. The summed E-state index contributed by atoms with van der Waals surface area (Å²) >= 11 is 1.34. The molecule has 0 unspecified atom stereocenters. The van der Waals surface area contributed by atoms with Gasteiger partial charge in [0, 0.05) is 31.1 Å². The maximum Gasteiger partial charge on any atom is 0.407 e. The molecule has 3 amide bonds. The Morgan fingerprint density at radius 1 is 0.893 bits per heavy atom. The summed E-state index contributed by atoms with van der Waals surface area (Å²) in [4.78, 5) is 59.8. The number of nitrogens with zero attached hydrogens (tertiary/aromatic N) is 3. The summed E-state index contributed by atoms with van der Waals surface area (Å²) in [5.74, 6) is -0.457. The molecule has 2 fully saturated rings. The first-order valence-electron chi connectivity index (χ1n) is 19.6. The Labute approximate surface area is 333 Å². The van der Waals surface area contributed by atoms with Gasteiger partial charge >= 0.3 is 6.09 Å². The van der Waals surface area contributed by atoms with E-state index in [-0.39, 0.29) is 29.3 Å². The fraction of sp³-hybridized carbons (Fsp3) is 0.667. The zero-order chi connectivity index (χ0) is 40.1. The van der Waals surface area contributed by atoms with Crippen molar-refractivity contribution in [3.63, 3.8) is 0 Å². The summed E-state index contributed by atoms with van der Waals surface area (Å²) in [6.45, 7) is 7.43. The molecule has 1 aromatic carbocycles. The van der Waals surface area contributed by atoms with E-state index in [4.69, 9.17) is 39.1 Å². The molecule has 4 rings (SSSR count). The number of ketones is 1. The van der Waals surface area contributed by atoms with Crippen LogP contribution in [0.15, 0.2) is 29.6 Å². The maximum absolute atomic E-state index is 14.2. The molecule has 312 valence electrons. The number of hydrogen-bond acceptors (Lipinski definition) is 13. The molecule has 56 heavy (non-hydrogen) atoms. The number of carbonyl (C=O) groups excluding carboxylic acids is 3. The second-order valence-electron chi connectivity index (χ2n) is 13.8. The third-order valence-corrected chi connectivity index (χ3v) is 10.8. The first-order chi connectivity index (χ1) is 27.2. The molecule has 1 aromatic heterocycles. The van der Waals surface area contributed by atoms with Crippen LogP contribution in [0.5, 0.6) is 5.75 Å². The summed E-state index contributed by atoms with van der Waals surface area (Å²) in [6.07, 6.45) is 4.85. The minimum Gasteiger partial charge on any atom is -0.491 e. The molecule has 2 aliphatic rings. The Kier molecular flexibility index (Phi) is 19.9. The number of nitrogens with one attached hydrogen (secondary N) is 1. The topological polar surface area (TPSA) is 201 Å². The first-order valence-corrected chi connectivity index (χ1v) is 20.5. The Morgan fingerprint density at radius 2 is 1.50 bits per heavy atom. The average molecular weight is 806 g/mol. The van der Waals surface area contributed by atoms with Crippen LogP contribution >= 0.6 is 11.3 Å². The number of amides is 3. The van der Waals surface area contributed by atoms with Gasteiger partial charge in [0.2, 0.25) is 17.6 Å². The van der Waals surface area contributed by atoms with Gasteiger partial charge in [-0.2, -0.15) is 0 Å². The predicted molar refractivity (Wildman–Crippen MR) is 208 cm³/mol. The summed E-state index contributed by atoms with van der Waals surface area (Å²) in [7, 11) is 1.34. The predicted octanol–water partition coefficient (Wildman–Crippen LogP) is 3.52. The number of carboxylic acid groups (broad SMARTS) is 1. The molecular weight excluding hydrogens is 747 g/mol. The normalized spacial score (nSPS) is 17.1. The van der Waals surface area contributed by atoms with E-state index in [0.29, 0.717) is 109 Å². The van der Waals surface area contributed by atoms with Gasteiger partial charge in [0.15, 0.2) is 0 Å². The fourth-order valence-corrected chi connectivity index (χ4v) is 7.58. The van der Waals surface area contributed by atoms with Crippen LogP contribution < -0.4 is 15.8 Å². The molecule has 2 aromatic rings. The van der Waals surface area contributed by atoms with E-state index in [9.17, 15) is 24.3 Å². The molecule has 1 saturated carbocycles. The number of rotatable bonds is 26. The van der Waals surface area contributed by atoms with Gasteiger partial charge in [-0.15, -0.1) is 11.3 Å². The lowest BCUT2D eigenvalue weighted by Gasteiger charge is -2.35. The highest BCUT2D eigenvalue weighted by molar-refractivity contribution is 7.10. The number of carbonyl (C=O) groups is 4. The highest BCUT2D eigenvalue weighted by Crippen LogP contribution is 2.36. The molecule has 0 spiro atoms. The number of aromatic nitrogens is 1. The zero-order valence-corrected chi connectivity index (χ0v) is 33.5. The number of ether oxygens (including phenoxy) is 6. The van der Waals surface area contributed by atoms with E-state index < -0.39 is 24.1 Å². The number of nitrogens with two attached hydrogens (primary N) is 1. The van der Waals surface area contributed by atoms with Crippen molar-refractivity contribution in [2.45, 2.75) is 70.0 Å². The maximum atomic E-state index is 14.2. The molecule has 17 heteroatoms. The Morgan fingerprint density at radius 3 is 2.11 bits per heavy atom. The standard InChI is InChI=1S/C39H59N5O11S/c1-28(43(2)39(48)49)36(46)42-34(29-8-4-3-5-9-29)38(47)44-14-7-12-33(44)37-41-32(27-56-37)35(45)30-10-6-11-31(26-30)55-25-24-54-23-22-53-21-20-52-19-18-51-17-16-50-15-13-40/h6,10-11,26-29,33-34H,3-5,7-9,12-25,40H2,1-2H3,(H,42,46)(H,48,49)/t28-,33-,34-/m0/s1. The van der Waals surface area contributed by atoms with Gasteiger partial charge in [0.1, 0.15) is 35.1 Å². The van der Waals surface area contributed by atoms with Crippen molar-refractivity contribution in [3.05, 3.63) is 45.9 Å². The van der Waals surface area contributed by atoms with Gasteiger partial charge < -0.3 is 49.5 Å². The van der Waals surface area contributed by atoms with Crippen LogP contribution in [-0.4, -0.2) is 148 Å². The highest BCUT2D eigenvalue weighted by Gasteiger charge is 2.40. The van der Waals surface area contributed by atoms with Gasteiger partial charge in [-0.1, -0.05) is 31.4 Å². The summed E-state index contributed by atoms with van der Waals surface area (Å²) in [6, 6.07) is 4.87. The van der Waals surface area contributed by atoms with Crippen LogP contribution in [0.3, 0.4) is 0 Å². The van der Waals surface area contributed by atoms with Crippen molar-refractivity contribution in [2.75, 3.05) is 92.8 Å². The fourth-order valence-electron chi connectivity index (χ4n) is 6.63. The number of thiazole rings is 1. The van der Waals surface area contributed by atoms with Gasteiger partial charge in [-0.3, -0.25) is 19.3 Å². The van der Waals surface area contributed by atoms with Crippen molar-refractivity contribution in [1.29, 1.82) is 0 Å². The van der Waals surface area contributed by atoms with Crippen LogP contribution in [0.2, 0.25) is 0 Å². The van der Waals surface area contributed by atoms with Crippen LogP contribution in [0.25, 0.3) is 0 Å². The van der Waals surface area contributed by atoms with Gasteiger partial charge in [0.25, 0.3) is 0 Å². The molecule has 3 atom stereocenters. The van der Waals surface area contributed by atoms with Crippen LogP contribution in [0, 0.1) is 5.92 Å². The third kappa shape index (κ3) is 14.3. The second-order valence-corrected chi connectivity index (χ2v) is 14.7. The van der Waals surface area contributed by atoms with Crippen LogP contribution in [-0.2, 0) is 33.3 Å². The molecule has 4 N–H and O–H groups in total. The molecule has 2 heterocycles. The highest BCUT2D eigenvalue weighted by atomic mass is 32.1. The molecule has 16 nitrogen and oxygen atoms in total. The lowest BCUT2D eigenvalue weighted by molar-refractivity contribution is -0.140. The van der Waals surface area contributed by atoms with E-state index in [0.717, 1.165) is 43.4 Å². The molecule has 0 bridgehead atoms.